The zero-order valence-electron chi connectivity index (χ0n) is 23.1. The number of nitrogens with zero attached hydrogens (tertiary/aromatic N) is 2. The molecule has 2 atom stereocenters. The molecule has 2 saturated heterocycles. The summed E-state index contributed by atoms with van der Waals surface area (Å²) in [6, 6.07) is 5.43. The topological polar surface area (TPSA) is 52.7 Å². The maximum Gasteiger partial charge on any atom is 0.416 e. The van der Waals surface area contributed by atoms with Gasteiger partial charge in [-0.25, -0.2) is 4.39 Å². The number of carbonyl (C=O) groups is 2. The number of rotatable bonds is 5. The number of aryl methyl sites for hydroxylation is 1. The van der Waals surface area contributed by atoms with E-state index in [1.165, 1.54) is 19.2 Å². The van der Waals surface area contributed by atoms with E-state index < -0.39 is 53.6 Å². The molecule has 4 rings (SSSR count). The third-order valence-electron chi connectivity index (χ3n) is 8.00. The third kappa shape index (κ3) is 7.75. The molecule has 13 heteroatoms. The van der Waals surface area contributed by atoms with Crippen LogP contribution in [0.15, 0.2) is 36.4 Å². The number of carbonyl (C=O) groups excluding carboxylic acids is 2. The summed E-state index contributed by atoms with van der Waals surface area (Å²) in [5, 5.41) is 3.22. The Balaban J connectivity index is 0.00000484. The Morgan fingerprint density at radius 1 is 0.952 bits per heavy atom. The maximum atomic E-state index is 13.9. The van der Waals surface area contributed by atoms with Gasteiger partial charge in [0, 0.05) is 44.4 Å². The fourth-order valence-electron chi connectivity index (χ4n) is 5.89. The lowest BCUT2D eigenvalue weighted by atomic mass is 9.77. The van der Waals surface area contributed by atoms with E-state index in [0.29, 0.717) is 36.1 Å². The van der Waals surface area contributed by atoms with Crippen molar-refractivity contribution >= 4 is 24.2 Å². The first-order chi connectivity index (χ1) is 19.1. The Kier molecular flexibility index (Phi) is 10.6. The Hall–Kier alpha value is -2.86. The second-order valence-electron chi connectivity index (χ2n) is 10.9. The molecule has 0 spiro atoms. The highest BCUT2D eigenvalue weighted by atomic mass is 35.5. The molecule has 1 N–H and O–H groups in total. The monoisotopic (exact) mass is 623 g/mol. The van der Waals surface area contributed by atoms with E-state index in [-0.39, 0.29) is 55.4 Å². The lowest BCUT2D eigenvalue weighted by Gasteiger charge is -2.41. The summed E-state index contributed by atoms with van der Waals surface area (Å²) in [6.07, 6.45) is -8.37. The summed E-state index contributed by atoms with van der Waals surface area (Å²) in [4.78, 5) is 29.8. The van der Waals surface area contributed by atoms with E-state index in [9.17, 15) is 40.3 Å². The van der Waals surface area contributed by atoms with Gasteiger partial charge >= 0.3 is 12.4 Å². The molecule has 0 saturated carbocycles. The standard InChI is InChI=1S/C29H32F7N3O2.ClH/c1-17-11-22(30)3-4-23(17)25-16-39(26(40)19-5-8-37-9-6-19)10-7-24(25)27(41)38(2)15-18-12-20(28(31,32)33)14-21(13-18)29(34,35)36;/h3-4,11-14,19,24-25,37H,5-10,15-16H2,1-2H3;1H. The number of nitrogens with one attached hydrogen (secondary N) is 1. The van der Waals surface area contributed by atoms with Crippen molar-refractivity contribution in [3.05, 3.63) is 70.0 Å². The Morgan fingerprint density at radius 3 is 2.10 bits per heavy atom. The largest absolute Gasteiger partial charge is 0.416 e. The van der Waals surface area contributed by atoms with E-state index in [2.05, 4.69) is 5.32 Å². The summed E-state index contributed by atoms with van der Waals surface area (Å²) >= 11 is 0. The van der Waals surface area contributed by atoms with Crippen LogP contribution in [0.2, 0.25) is 0 Å². The first-order valence-corrected chi connectivity index (χ1v) is 13.4. The van der Waals surface area contributed by atoms with Gasteiger partial charge in [-0.05, 0) is 86.3 Å². The number of halogens is 8. The van der Waals surface area contributed by atoms with Gasteiger partial charge in [-0.3, -0.25) is 9.59 Å². The van der Waals surface area contributed by atoms with E-state index in [1.54, 1.807) is 17.9 Å². The van der Waals surface area contributed by atoms with Crippen LogP contribution in [0.25, 0.3) is 0 Å². The van der Waals surface area contributed by atoms with Crippen molar-refractivity contribution in [3.8, 4) is 0 Å². The molecule has 2 aromatic carbocycles. The van der Waals surface area contributed by atoms with Gasteiger partial charge in [-0.2, -0.15) is 26.3 Å². The normalized spacial score (nSPS) is 20.2. The van der Waals surface area contributed by atoms with Gasteiger partial charge in [0.1, 0.15) is 5.82 Å². The van der Waals surface area contributed by atoms with Crippen molar-refractivity contribution in [2.45, 2.75) is 51.0 Å². The van der Waals surface area contributed by atoms with Crippen LogP contribution in [0.4, 0.5) is 30.7 Å². The average Bonchev–Trinajstić information content (AvgIpc) is 2.91. The highest BCUT2D eigenvalue weighted by Gasteiger charge is 2.41. The van der Waals surface area contributed by atoms with Crippen LogP contribution in [0.1, 0.15) is 53.0 Å². The van der Waals surface area contributed by atoms with Crippen molar-refractivity contribution in [3.63, 3.8) is 0 Å². The fraction of sp³-hybridized carbons (Fsp3) is 0.517. The summed E-state index contributed by atoms with van der Waals surface area (Å²) < 4.78 is 94.0. The predicted molar refractivity (Wildman–Crippen MR) is 144 cm³/mol. The van der Waals surface area contributed by atoms with Crippen molar-refractivity contribution in [1.82, 2.24) is 15.1 Å². The maximum absolute atomic E-state index is 13.9. The Labute approximate surface area is 245 Å². The lowest BCUT2D eigenvalue weighted by Crippen LogP contribution is -2.50. The number of hydrogen-bond acceptors (Lipinski definition) is 3. The van der Waals surface area contributed by atoms with Crippen LogP contribution in [-0.2, 0) is 28.5 Å². The molecule has 2 fully saturated rings. The molecule has 42 heavy (non-hydrogen) atoms. The molecule has 0 aliphatic carbocycles. The highest BCUT2D eigenvalue weighted by molar-refractivity contribution is 5.85. The summed E-state index contributed by atoms with van der Waals surface area (Å²) in [5.74, 6) is -2.34. The quantitative estimate of drug-likeness (QED) is 0.405. The minimum Gasteiger partial charge on any atom is -0.342 e. The first kappa shape index (κ1) is 33.6. The molecule has 2 aromatic rings. The smallest absolute Gasteiger partial charge is 0.342 e. The SMILES string of the molecule is Cc1cc(F)ccc1C1CN(C(=O)C2CCNCC2)CCC1C(=O)N(C)Cc1cc(C(F)(F)F)cc(C(F)(F)F)c1.Cl. The Bertz CT molecular complexity index is 1250. The molecule has 0 bridgehead atoms. The zero-order chi connectivity index (χ0) is 30.1. The summed E-state index contributed by atoms with van der Waals surface area (Å²) in [5.41, 5.74) is -1.96. The van der Waals surface area contributed by atoms with Gasteiger partial charge in [-0.1, -0.05) is 6.07 Å². The van der Waals surface area contributed by atoms with Crippen LogP contribution >= 0.6 is 12.4 Å². The number of benzene rings is 2. The number of likely N-dealkylation sites (tertiary alicyclic amines) is 1. The predicted octanol–water partition coefficient (Wildman–Crippen LogP) is 6.18. The van der Waals surface area contributed by atoms with Crippen LogP contribution in [-0.4, -0.2) is 54.8 Å². The Morgan fingerprint density at radius 2 is 1.55 bits per heavy atom. The van der Waals surface area contributed by atoms with Crippen molar-refractivity contribution in [2.75, 3.05) is 33.2 Å². The molecule has 2 aliphatic rings. The van der Waals surface area contributed by atoms with Gasteiger partial charge in [0.15, 0.2) is 0 Å². The van der Waals surface area contributed by atoms with Crippen molar-refractivity contribution in [1.29, 1.82) is 0 Å². The highest BCUT2D eigenvalue weighted by Crippen LogP contribution is 2.39. The fourth-order valence-corrected chi connectivity index (χ4v) is 5.89. The average molecular weight is 624 g/mol. The van der Waals surface area contributed by atoms with Crippen LogP contribution in [0.5, 0.6) is 0 Å². The molecule has 232 valence electrons. The number of hydrogen-bond donors (Lipinski definition) is 1. The van der Waals surface area contributed by atoms with Gasteiger partial charge in [0.05, 0.1) is 11.1 Å². The molecule has 5 nitrogen and oxygen atoms in total. The van der Waals surface area contributed by atoms with Gasteiger partial charge in [0.25, 0.3) is 0 Å². The van der Waals surface area contributed by atoms with E-state index in [0.717, 1.165) is 18.0 Å². The summed E-state index contributed by atoms with van der Waals surface area (Å²) in [7, 11) is 1.33. The van der Waals surface area contributed by atoms with E-state index in [1.807, 2.05) is 0 Å². The first-order valence-electron chi connectivity index (χ1n) is 13.4. The van der Waals surface area contributed by atoms with Crippen molar-refractivity contribution < 1.29 is 40.3 Å². The lowest BCUT2D eigenvalue weighted by molar-refractivity contribution is -0.144. The zero-order valence-corrected chi connectivity index (χ0v) is 23.9. The second kappa shape index (κ2) is 13.2. The molecule has 2 amide bonds. The second-order valence-corrected chi connectivity index (χ2v) is 10.9. The molecule has 2 unspecified atom stereocenters. The van der Waals surface area contributed by atoms with Gasteiger partial charge < -0.3 is 15.1 Å². The number of amides is 2. The minimum atomic E-state index is -5.00. The molecular formula is C29H33ClF7N3O2. The van der Waals surface area contributed by atoms with Crippen LogP contribution < -0.4 is 5.32 Å². The number of alkyl halides is 6. The third-order valence-corrected chi connectivity index (χ3v) is 8.00. The molecule has 0 radical (unpaired) electrons. The minimum absolute atomic E-state index is 0. The molecular weight excluding hydrogens is 591 g/mol. The van der Waals surface area contributed by atoms with E-state index >= 15 is 0 Å². The number of piperidine rings is 2. The van der Waals surface area contributed by atoms with Crippen LogP contribution in [0, 0.1) is 24.6 Å². The molecule has 2 heterocycles. The van der Waals surface area contributed by atoms with Crippen LogP contribution in [0.3, 0.4) is 0 Å². The molecule has 2 aliphatic heterocycles. The van der Waals surface area contributed by atoms with Gasteiger partial charge in [0.2, 0.25) is 11.8 Å². The summed E-state index contributed by atoms with van der Waals surface area (Å²) in [6.45, 7) is 3.14. The molecule has 0 aromatic heterocycles. The van der Waals surface area contributed by atoms with Crippen molar-refractivity contribution in [2.24, 2.45) is 11.8 Å². The van der Waals surface area contributed by atoms with E-state index in [4.69, 9.17) is 0 Å². The van der Waals surface area contributed by atoms with Gasteiger partial charge in [-0.15, -0.1) is 12.4 Å².